The maximum atomic E-state index is 15.2. The molecule has 8 nitrogen and oxygen atoms in total. The van der Waals surface area contributed by atoms with Crippen LogP contribution in [0.25, 0.3) is 15.9 Å². The fourth-order valence-electron chi connectivity index (χ4n) is 4.34. The minimum absolute atomic E-state index is 0.0408. The van der Waals surface area contributed by atoms with Gasteiger partial charge in [-0.25, -0.2) is 14.2 Å². The highest BCUT2D eigenvalue weighted by molar-refractivity contribution is 7.81. The summed E-state index contributed by atoms with van der Waals surface area (Å²) in [6, 6.07) is 12.6. The van der Waals surface area contributed by atoms with Gasteiger partial charge in [0.05, 0.1) is 17.8 Å². The zero-order valence-corrected chi connectivity index (χ0v) is 21.8. The summed E-state index contributed by atoms with van der Waals surface area (Å²) in [6.45, 7) is 10.5. The minimum Gasteiger partial charge on any atom is -0.348 e. The molecule has 1 aliphatic heterocycles. The number of hydrogen-bond acceptors (Lipinski definition) is 4. The van der Waals surface area contributed by atoms with Crippen LogP contribution in [0.5, 0.6) is 0 Å². The van der Waals surface area contributed by atoms with Crippen LogP contribution in [0.15, 0.2) is 60.9 Å². The van der Waals surface area contributed by atoms with Gasteiger partial charge in [0.1, 0.15) is 17.0 Å². The molecule has 1 saturated heterocycles. The lowest BCUT2D eigenvalue weighted by Crippen LogP contribution is -2.44. The molecule has 2 N–H and O–H groups in total. The van der Waals surface area contributed by atoms with Crippen molar-refractivity contribution in [1.82, 2.24) is 15.3 Å². The highest BCUT2D eigenvalue weighted by Crippen LogP contribution is 2.39. The number of pyridine rings is 1. The summed E-state index contributed by atoms with van der Waals surface area (Å²) in [7, 11) is 0. The first-order valence-electron chi connectivity index (χ1n) is 11.5. The number of halogens is 2. The molecule has 11 heteroatoms. The first-order valence-corrected chi connectivity index (χ1v) is 12.3. The number of fused-ring (bicyclic) bond motifs is 1. The summed E-state index contributed by atoms with van der Waals surface area (Å²) in [4.78, 5) is 39.4. The van der Waals surface area contributed by atoms with E-state index in [0.29, 0.717) is 22.6 Å². The van der Waals surface area contributed by atoms with Crippen molar-refractivity contribution in [2.75, 3.05) is 9.80 Å². The van der Waals surface area contributed by atoms with Gasteiger partial charge in [-0.3, -0.25) is 14.5 Å². The fourth-order valence-corrected chi connectivity index (χ4v) is 5.08. The van der Waals surface area contributed by atoms with E-state index in [9.17, 15) is 9.59 Å². The number of amides is 2. The molecule has 0 radical (unpaired) electrons. The van der Waals surface area contributed by atoms with Gasteiger partial charge in [0.2, 0.25) is 5.69 Å². The van der Waals surface area contributed by atoms with Crippen molar-refractivity contribution in [1.29, 1.82) is 0 Å². The van der Waals surface area contributed by atoms with Crippen LogP contribution in [0.4, 0.5) is 21.5 Å². The molecule has 2 aromatic carbocycles. The molecule has 0 saturated carbocycles. The number of aromatic nitrogens is 2. The molecular weight excluding hydrogens is 527 g/mol. The van der Waals surface area contributed by atoms with E-state index in [1.807, 2.05) is 6.07 Å². The van der Waals surface area contributed by atoms with Crippen molar-refractivity contribution in [3.8, 4) is 0 Å². The number of H-pyrrole nitrogens is 1. The standard InChI is InChI=1S/C27H20ClFN6O2S/c1-27(2)25(37)34(18-6-7-22(30-3)20(28)11-18)26(38)35(27)19-5-4-16(21(29)12-19)13-33-24(36)17-10-15-8-9-31-23(15)32-14-17/h4-12,14H,13H2,1-2H3,(H,31,32)(H,33,36). The third-order valence-electron chi connectivity index (χ3n) is 6.37. The zero-order chi connectivity index (χ0) is 27.2. The lowest BCUT2D eigenvalue weighted by Gasteiger charge is -2.29. The summed E-state index contributed by atoms with van der Waals surface area (Å²) < 4.78 is 15.2. The van der Waals surface area contributed by atoms with Crippen LogP contribution >= 0.6 is 23.8 Å². The van der Waals surface area contributed by atoms with E-state index in [1.54, 1.807) is 49.2 Å². The quantitative estimate of drug-likeness (QED) is 0.246. The first kappa shape index (κ1) is 25.3. The molecule has 2 amide bonds. The third-order valence-corrected chi connectivity index (χ3v) is 7.04. The molecule has 0 unspecified atom stereocenters. The van der Waals surface area contributed by atoms with Gasteiger partial charge < -0.3 is 15.2 Å². The molecule has 38 heavy (non-hydrogen) atoms. The SMILES string of the molecule is [C-]#[N+]c1ccc(N2C(=O)C(C)(C)N(c3ccc(CNC(=O)c4cnc5[nH]ccc5c4)c(F)c3)C2=S)cc1Cl. The number of carbonyl (C=O) groups is 2. The molecule has 190 valence electrons. The Morgan fingerprint density at radius 2 is 1.97 bits per heavy atom. The Hall–Kier alpha value is -4.33. The van der Waals surface area contributed by atoms with Gasteiger partial charge in [-0.15, -0.1) is 0 Å². The van der Waals surface area contributed by atoms with Crippen LogP contribution in [0.3, 0.4) is 0 Å². The summed E-state index contributed by atoms with van der Waals surface area (Å²) in [5, 5.41) is 3.86. The van der Waals surface area contributed by atoms with Crippen LogP contribution in [-0.2, 0) is 11.3 Å². The Kier molecular flexibility index (Phi) is 6.34. The van der Waals surface area contributed by atoms with Crippen molar-refractivity contribution in [3.63, 3.8) is 0 Å². The van der Waals surface area contributed by atoms with E-state index in [0.717, 1.165) is 5.39 Å². The van der Waals surface area contributed by atoms with Gasteiger partial charge in [-0.2, -0.15) is 0 Å². The van der Waals surface area contributed by atoms with Crippen LogP contribution < -0.4 is 15.1 Å². The van der Waals surface area contributed by atoms with Crippen molar-refractivity contribution in [2.24, 2.45) is 0 Å². The molecule has 4 aromatic rings. The van der Waals surface area contributed by atoms with Crippen LogP contribution in [-0.4, -0.2) is 32.4 Å². The maximum Gasteiger partial charge on any atom is 0.259 e. The molecule has 1 fully saturated rings. The third kappa shape index (κ3) is 4.26. The van der Waals surface area contributed by atoms with Gasteiger partial charge in [-0.1, -0.05) is 23.7 Å². The summed E-state index contributed by atoms with van der Waals surface area (Å²) >= 11 is 11.8. The smallest absolute Gasteiger partial charge is 0.259 e. The van der Waals surface area contributed by atoms with E-state index in [4.69, 9.17) is 30.4 Å². The Balaban J connectivity index is 1.36. The summed E-state index contributed by atoms with van der Waals surface area (Å²) in [6.07, 6.45) is 3.19. The lowest BCUT2D eigenvalue weighted by atomic mass is 10.0. The van der Waals surface area contributed by atoms with Crippen LogP contribution in [0.2, 0.25) is 5.02 Å². The first-order chi connectivity index (χ1) is 18.1. The van der Waals surface area contributed by atoms with Gasteiger partial charge >= 0.3 is 0 Å². The number of aromatic amines is 1. The van der Waals surface area contributed by atoms with Crippen molar-refractivity contribution in [3.05, 3.63) is 94.3 Å². The molecule has 0 spiro atoms. The van der Waals surface area contributed by atoms with E-state index in [1.165, 1.54) is 29.3 Å². The van der Waals surface area contributed by atoms with Crippen molar-refractivity contribution < 1.29 is 14.0 Å². The molecular formula is C27H20ClFN6O2S. The Morgan fingerprint density at radius 1 is 1.21 bits per heavy atom. The Bertz CT molecular complexity index is 1680. The second-order valence-corrected chi connectivity index (χ2v) is 9.94. The van der Waals surface area contributed by atoms with Gasteiger partial charge in [0.15, 0.2) is 5.11 Å². The number of rotatable bonds is 5. The van der Waals surface area contributed by atoms with Gasteiger partial charge in [0, 0.05) is 40.6 Å². The molecule has 0 atom stereocenters. The number of thiocarbonyl (C=S) groups is 1. The maximum absolute atomic E-state index is 15.2. The van der Waals surface area contributed by atoms with Crippen molar-refractivity contribution >= 4 is 68.8 Å². The average Bonchev–Trinajstić information content (AvgIpc) is 3.42. The molecule has 1 aliphatic rings. The lowest BCUT2D eigenvalue weighted by molar-refractivity contribution is -0.120. The van der Waals surface area contributed by atoms with Gasteiger partial charge in [-0.05, 0) is 62.5 Å². The number of carbonyl (C=O) groups excluding carboxylic acids is 2. The predicted molar refractivity (Wildman–Crippen MR) is 148 cm³/mol. The second-order valence-electron chi connectivity index (χ2n) is 9.16. The second kappa shape index (κ2) is 9.52. The van der Waals surface area contributed by atoms with Crippen LogP contribution in [0.1, 0.15) is 29.8 Å². The van der Waals surface area contributed by atoms with E-state index in [2.05, 4.69) is 20.1 Å². The number of nitrogens with one attached hydrogen (secondary N) is 2. The number of anilines is 2. The van der Waals surface area contributed by atoms with E-state index in [-0.39, 0.29) is 39.7 Å². The van der Waals surface area contributed by atoms with E-state index >= 15 is 4.39 Å². The summed E-state index contributed by atoms with van der Waals surface area (Å²) in [5.41, 5.74) is 1.25. The van der Waals surface area contributed by atoms with Crippen LogP contribution in [0, 0.1) is 12.4 Å². The Labute approximate surface area is 227 Å². The monoisotopic (exact) mass is 546 g/mol. The average molecular weight is 547 g/mol. The largest absolute Gasteiger partial charge is 0.348 e. The highest BCUT2D eigenvalue weighted by atomic mass is 35.5. The molecule has 5 rings (SSSR count). The van der Waals surface area contributed by atoms with Crippen molar-refractivity contribution in [2.45, 2.75) is 25.9 Å². The van der Waals surface area contributed by atoms with E-state index < -0.39 is 11.4 Å². The normalized spacial score (nSPS) is 14.7. The molecule has 2 aromatic heterocycles. The topological polar surface area (TPSA) is 85.7 Å². The number of hydrogen-bond donors (Lipinski definition) is 2. The predicted octanol–water partition coefficient (Wildman–Crippen LogP) is 5.75. The number of benzene rings is 2. The Morgan fingerprint density at radius 3 is 2.68 bits per heavy atom. The number of nitrogens with zero attached hydrogens (tertiary/aromatic N) is 4. The molecule has 0 aliphatic carbocycles. The molecule has 0 bridgehead atoms. The summed E-state index contributed by atoms with van der Waals surface area (Å²) in [5.74, 6) is -1.26. The highest BCUT2D eigenvalue weighted by Gasteiger charge is 2.50. The molecule has 3 heterocycles. The fraction of sp³-hybridized carbons (Fsp3) is 0.148. The minimum atomic E-state index is -1.12. The van der Waals surface area contributed by atoms with Gasteiger partial charge in [0.25, 0.3) is 11.8 Å². The zero-order valence-electron chi connectivity index (χ0n) is 20.3.